The Morgan fingerprint density at radius 3 is 1.77 bits per heavy atom. The summed E-state index contributed by atoms with van der Waals surface area (Å²) < 4.78 is 10.4. The summed E-state index contributed by atoms with van der Waals surface area (Å²) in [5.41, 5.74) is -2.16. The molecule has 9 heteroatoms. The summed E-state index contributed by atoms with van der Waals surface area (Å²) in [6, 6.07) is 0. The Hall–Kier alpha value is 0.350. The van der Waals surface area contributed by atoms with Gasteiger partial charge in [-0.2, -0.15) is 0 Å². The van der Waals surface area contributed by atoms with E-state index in [-0.39, 0.29) is 40.6 Å². The van der Waals surface area contributed by atoms with Crippen LogP contribution in [0.3, 0.4) is 0 Å². The average Bonchev–Trinajstić information content (AvgIpc) is 1.79. The standard InChI is InChI=1S/C4H7O7P.Ca.2H/c5-3(6)1-2(4(7)8)12(9,10)11;;;/h2H,1H2,(H,5,6)(H,7,8)(H2,9,10,11);;;/q;+2;2*-1. The number of hydrogen-bond donors (Lipinski definition) is 4. The van der Waals surface area contributed by atoms with Gasteiger partial charge in [0.25, 0.3) is 0 Å². The summed E-state index contributed by atoms with van der Waals surface area (Å²) in [4.78, 5) is 36.8. The van der Waals surface area contributed by atoms with Gasteiger partial charge >= 0.3 is 57.3 Å². The molecule has 0 fully saturated rings. The zero-order valence-electron chi connectivity index (χ0n) is 8.45. The molecule has 0 aromatic carbocycles. The summed E-state index contributed by atoms with van der Waals surface area (Å²) in [5.74, 6) is -3.38. The molecule has 0 spiro atoms. The molecule has 1 atom stereocenters. The molecule has 0 aromatic rings. The van der Waals surface area contributed by atoms with E-state index >= 15 is 0 Å². The van der Waals surface area contributed by atoms with Crippen molar-refractivity contribution >= 4 is 57.3 Å². The van der Waals surface area contributed by atoms with Crippen LogP contribution in [0.25, 0.3) is 0 Å². The number of carbonyl (C=O) groups is 2. The fourth-order valence-corrected chi connectivity index (χ4v) is 1.20. The smallest absolute Gasteiger partial charge is 1.00 e. The van der Waals surface area contributed by atoms with E-state index < -0.39 is 31.6 Å². The predicted molar refractivity (Wildman–Crippen MR) is 43.7 cm³/mol. The van der Waals surface area contributed by atoms with Crippen molar-refractivity contribution < 1.29 is 37.0 Å². The number of carboxylic acid groups (broad SMARTS) is 2. The molecule has 7 nitrogen and oxygen atoms in total. The van der Waals surface area contributed by atoms with Gasteiger partial charge in [-0.15, -0.1) is 0 Å². The van der Waals surface area contributed by atoms with E-state index in [9.17, 15) is 14.2 Å². The van der Waals surface area contributed by atoms with Crippen LogP contribution in [-0.4, -0.2) is 75.3 Å². The van der Waals surface area contributed by atoms with Gasteiger partial charge in [-0.1, -0.05) is 0 Å². The number of aliphatic carboxylic acids is 2. The van der Waals surface area contributed by atoms with Crippen LogP contribution in [0.1, 0.15) is 9.27 Å². The molecular formula is C4H9CaO7P. The first-order valence-electron chi connectivity index (χ1n) is 2.75. The maximum Gasteiger partial charge on any atom is 2.00 e. The van der Waals surface area contributed by atoms with E-state index in [2.05, 4.69) is 0 Å². The molecule has 74 valence electrons. The molecule has 0 saturated heterocycles. The van der Waals surface area contributed by atoms with Crippen LogP contribution in [-0.2, 0) is 14.2 Å². The van der Waals surface area contributed by atoms with Gasteiger partial charge in [0.2, 0.25) is 0 Å². The number of rotatable bonds is 4. The third-order valence-corrected chi connectivity index (χ3v) is 2.27. The van der Waals surface area contributed by atoms with E-state index in [1.165, 1.54) is 0 Å². The van der Waals surface area contributed by atoms with Gasteiger partial charge in [-0.25, -0.2) is 0 Å². The monoisotopic (exact) mass is 240 g/mol. The van der Waals surface area contributed by atoms with E-state index in [1.54, 1.807) is 0 Å². The van der Waals surface area contributed by atoms with Crippen molar-refractivity contribution in [2.75, 3.05) is 0 Å². The fraction of sp³-hybridized carbons (Fsp3) is 0.500. The first-order valence-corrected chi connectivity index (χ1v) is 4.43. The zero-order chi connectivity index (χ0) is 9.94. The Labute approximate surface area is 106 Å². The van der Waals surface area contributed by atoms with Crippen molar-refractivity contribution in [3.8, 4) is 0 Å². The zero-order valence-corrected chi connectivity index (χ0v) is 9.56. The van der Waals surface area contributed by atoms with E-state index in [0.717, 1.165) is 0 Å². The van der Waals surface area contributed by atoms with Crippen LogP contribution in [0.4, 0.5) is 0 Å². The molecular weight excluding hydrogens is 231 g/mol. The summed E-state index contributed by atoms with van der Waals surface area (Å²) in [7, 11) is -4.87. The third-order valence-electron chi connectivity index (χ3n) is 1.06. The Balaban J connectivity index is -0.000000202. The molecule has 13 heavy (non-hydrogen) atoms. The minimum Gasteiger partial charge on any atom is -1.00 e. The van der Waals surface area contributed by atoms with Crippen molar-refractivity contribution in [2.45, 2.75) is 12.1 Å². The van der Waals surface area contributed by atoms with Crippen molar-refractivity contribution in [1.29, 1.82) is 0 Å². The van der Waals surface area contributed by atoms with Gasteiger partial charge in [0.15, 0.2) is 5.66 Å². The maximum atomic E-state index is 10.4. The quantitative estimate of drug-likeness (QED) is 0.363. The van der Waals surface area contributed by atoms with Gasteiger partial charge in [0.05, 0.1) is 6.42 Å². The maximum absolute atomic E-state index is 10.4. The average molecular weight is 240 g/mol. The molecule has 4 N–H and O–H groups in total. The number of hydrogen-bond acceptors (Lipinski definition) is 3. The second-order valence-electron chi connectivity index (χ2n) is 2.04. The summed E-state index contributed by atoms with van der Waals surface area (Å²) in [6.07, 6.45) is -1.08. The topological polar surface area (TPSA) is 132 Å². The SMILES string of the molecule is O=C(O)CC(C(=O)O)P(=O)(O)O.[Ca+2].[H-].[H-]. The summed E-state index contributed by atoms with van der Waals surface area (Å²) in [5, 5.41) is 16.3. The first-order chi connectivity index (χ1) is 5.25. The van der Waals surface area contributed by atoms with Gasteiger partial charge < -0.3 is 22.9 Å². The van der Waals surface area contributed by atoms with Crippen molar-refractivity contribution in [3.63, 3.8) is 0 Å². The van der Waals surface area contributed by atoms with Crippen LogP contribution in [0.2, 0.25) is 0 Å². The minimum atomic E-state index is -4.87. The second-order valence-corrected chi connectivity index (χ2v) is 3.84. The first kappa shape index (κ1) is 15.8. The van der Waals surface area contributed by atoms with Gasteiger partial charge in [0, 0.05) is 0 Å². The predicted octanol–water partition coefficient (Wildman–Crippen LogP) is -1.06. The normalized spacial score (nSPS) is 12.8. The Kier molecular flexibility index (Phi) is 7.24. The van der Waals surface area contributed by atoms with Crippen LogP contribution in [0, 0.1) is 0 Å². The molecule has 0 aliphatic rings. The minimum absolute atomic E-state index is 0. The van der Waals surface area contributed by atoms with Crippen LogP contribution in [0.5, 0.6) is 0 Å². The summed E-state index contributed by atoms with van der Waals surface area (Å²) >= 11 is 0. The van der Waals surface area contributed by atoms with Crippen LogP contribution in [0.15, 0.2) is 0 Å². The van der Waals surface area contributed by atoms with E-state index in [0.29, 0.717) is 0 Å². The molecule has 0 bridgehead atoms. The fourth-order valence-electron chi connectivity index (χ4n) is 0.515. The molecule has 0 rings (SSSR count). The van der Waals surface area contributed by atoms with Crippen molar-refractivity contribution in [2.24, 2.45) is 0 Å². The molecule has 0 aromatic heterocycles. The summed E-state index contributed by atoms with van der Waals surface area (Å²) in [6.45, 7) is 0. The second kappa shape index (κ2) is 5.95. The van der Waals surface area contributed by atoms with E-state index in [4.69, 9.17) is 20.0 Å². The van der Waals surface area contributed by atoms with Gasteiger partial charge in [0.1, 0.15) is 0 Å². The molecule has 0 radical (unpaired) electrons. The van der Waals surface area contributed by atoms with Crippen LogP contribution < -0.4 is 0 Å². The molecule has 0 aliphatic heterocycles. The Morgan fingerprint density at radius 2 is 1.69 bits per heavy atom. The van der Waals surface area contributed by atoms with Crippen molar-refractivity contribution in [3.05, 3.63) is 0 Å². The Bertz CT molecular complexity index is 253. The third kappa shape index (κ3) is 6.42. The van der Waals surface area contributed by atoms with Gasteiger partial charge in [-0.05, 0) is 0 Å². The van der Waals surface area contributed by atoms with E-state index in [1.807, 2.05) is 0 Å². The largest absolute Gasteiger partial charge is 2.00 e. The van der Waals surface area contributed by atoms with Crippen molar-refractivity contribution in [1.82, 2.24) is 0 Å². The molecule has 0 saturated carbocycles. The van der Waals surface area contributed by atoms with Crippen LogP contribution >= 0.6 is 7.60 Å². The number of carboxylic acids is 2. The Morgan fingerprint density at radius 1 is 1.31 bits per heavy atom. The van der Waals surface area contributed by atoms with Gasteiger partial charge in [-0.3, -0.25) is 14.2 Å². The molecule has 0 heterocycles. The molecule has 0 aliphatic carbocycles. The molecule has 0 amide bonds. The molecule has 1 unspecified atom stereocenters.